The molecule has 1 aromatic rings. The first-order valence-electron chi connectivity index (χ1n) is 5.93. The summed E-state index contributed by atoms with van der Waals surface area (Å²) < 4.78 is 0.981. The van der Waals surface area contributed by atoms with Gasteiger partial charge in [0.25, 0.3) is 0 Å². The number of rotatable bonds is 6. The van der Waals surface area contributed by atoms with Gasteiger partial charge in [-0.2, -0.15) is 5.26 Å². The van der Waals surface area contributed by atoms with Crippen molar-refractivity contribution >= 4 is 27.7 Å². The molecule has 0 aromatic carbocycles. The van der Waals surface area contributed by atoms with Gasteiger partial charge in [0, 0.05) is 15.9 Å². The van der Waals surface area contributed by atoms with E-state index in [9.17, 15) is 5.26 Å². The van der Waals surface area contributed by atoms with Crippen LogP contribution in [0.1, 0.15) is 27.2 Å². The molecule has 0 fully saturated rings. The minimum atomic E-state index is -0.462. The Balaban J connectivity index is 2.58. The molecule has 2 atom stereocenters. The maximum Gasteiger partial charge on any atom is 0.104 e. The molecule has 1 heterocycles. The van der Waals surface area contributed by atoms with Crippen LogP contribution >= 0.6 is 27.7 Å². The van der Waals surface area contributed by atoms with E-state index < -0.39 is 5.54 Å². The van der Waals surface area contributed by atoms with Crippen molar-refractivity contribution in [2.45, 2.75) is 43.0 Å². The second-order valence-corrected chi connectivity index (χ2v) is 6.80. The van der Waals surface area contributed by atoms with Gasteiger partial charge in [0.15, 0.2) is 0 Å². The Bertz CT molecular complexity index is 415. The highest BCUT2D eigenvalue weighted by molar-refractivity contribution is 9.10. The Morgan fingerprint density at radius 3 is 2.83 bits per heavy atom. The second-order valence-electron chi connectivity index (χ2n) is 4.42. The van der Waals surface area contributed by atoms with Gasteiger partial charge in [-0.1, -0.05) is 13.8 Å². The predicted molar refractivity (Wildman–Crippen MR) is 79.6 cm³/mol. The lowest BCUT2D eigenvalue weighted by Gasteiger charge is -2.25. The number of nitriles is 1. The number of halogens is 1. The van der Waals surface area contributed by atoms with Crippen molar-refractivity contribution in [2.75, 3.05) is 6.54 Å². The molecular weight excluding hydrogens is 310 g/mol. The van der Waals surface area contributed by atoms with Crippen LogP contribution in [0.25, 0.3) is 0 Å². The minimum Gasteiger partial charge on any atom is -0.300 e. The van der Waals surface area contributed by atoms with Crippen molar-refractivity contribution in [2.24, 2.45) is 0 Å². The summed E-state index contributed by atoms with van der Waals surface area (Å²) in [6.07, 6.45) is 2.59. The van der Waals surface area contributed by atoms with Crippen LogP contribution < -0.4 is 5.32 Å². The summed E-state index contributed by atoms with van der Waals surface area (Å²) in [5.41, 5.74) is -0.462. The van der Waals surface area contributed by atoms with E-state index >= 15 is 0 Å². The fourth-order valence-corrected chi connectivity index (χ4v) is 3.13. The van der Waals surface area contributed by atoms with E-state index in [0.717, 1.165) is 22.5 Å². The highest BCUT2D eigenvalue weighted by Crippen LogP contribution is 2.27. The lowest BCUT2D eigenvalue weighted by atomic mass is 9.98. The summed E-state index contributed by atoms with van der Waals surface area (Å²) in [7, 11) is 0. The molecular formula is C13H18BrN3S. The summed E-state index contributed by atoms with van der Waals surface area (Å²) in [4.78, 5) is 4.33. The lowest BCUT2D eigenvalue weighted by molar-refractivity contribution is 0.429. The largest absolute Gasteiger partial charge is 0.300 e. The SMILES string of the molecule is CCNC(C)(C#N)CC(C)Sc1ccc(Br)cn1. The molecule has 1 rings (SSSR count). The van der Waals surface area contributed by atoms with E-state index in [1.807, 2.05) is 26.0 Å². The van der Waals surface area contributed by atoms with Gasteiger partial charge >= 0.3 is 0 Å². The minimum absolute atomic E-state index is 0.336. The van der Waals surface area contributed by atoms with Crippen molar-refractivity contribution in [3.8, 4) is 6.07 Å². The molecule has 0 aliphatic heterocycles. The average Bonchev–Trinajstić information content (AvgIpc) is 2.32. The van der Waals surface area contributed by atoms with Crippen LogP contribution in [-0.4, -0.2) is 22.3 Å². The summed E-state index contributed by atoms with van der Waals surface area (Å²) >= 11 is 5.06. The number of hydrogen-bond acceptors (Lipinski definition) is 4. The molecule has 0 saturated carbocycles. The topological polar surface area (TPSA) is 48.7 Å². The van der Waals surface area contributed by atoms with Gasteiger partial charge in [0.05, 0.1) is 11.1 Å². The molecule has 3 nitrogen and oxygen atoms in total. The van der Waals surface area contributed by atoms with Gasteiger partial charge in [-0.15, -0.1) is 11.8 Å². The molecule has 0 saturated heterocycles. The van der Waals surface area contributed by atoms with Gasteiger partial charge in [-0.3, -0.25) is 5.32 Å². The van der Waals surface area contributed by atoms with Crippen LogP contribution in [-0.2, 0) is 0 Å². The quantitative estimate of drug-likeness (QED) is 0.811. The van der Waals surface area contributed by atoms with E-state index in [4.69, 9.17) is 0 Å². The maximum atomic E-state index is 9.22. The Hall–Kier alpha value is -0.570. The van der Waals surface area contributed by atoms with Crippen LogP contribution in [0.15, 0.2) is 27.8 Å². The highest BCUT2D eigenvalue weighted by Gasteiger charge is 2.25. The third-order valence-electron chi connectivity index (χ3n) is 2.53. The van der Waals surface area contributed by atoms with Crippen molar-refractivity contribution in [1.82, 2.24) is 10.3 Å². The molecule has 0 amide bonds. The smallest absolute Gasteiger partial charge is 0.104 e. The molecule has 0 radical (unpaired) electrons. The van der Waals surface area contributed by atoms with Crippen LogP contribution in [0, 0.1) is 11.3 Å². The highest BCUT2D eigenvalue weighted by atomic mass is 79.9. The molecule has 18 heavy (non-hydrogen) atoms. The third-order valence-corrected chi connectivity index (χ3v) is 4.05. The van der Waals surface area contributed by atoms with E-state index in [2.05, 4.69) is 39.2 Å². The molecule has 2 unspecified atom stereocenters. The van der Waals surface area contributed by atoms with E-state index in [-0.39, 0.29) is 0 Å². The van der Waals surface area contributed by atoms with Crippen molar-refractivity contribution in [3.63, 3.8) is 0 Å². The van der Waals surface area contributed by atoms with Crippen molar-refractivity contribution in [1.29, 1.82) is 5.26 Å². The standard InChI is InChI=1S/C13H18BrN3S/c1-4-17-13(3,9-15)7-10(2)18-12-6-5-11(14)8-16-12/h5-6,8,10,17H,4,7H2,1-3H3. The number of nitrogens with one attached hydrogen (secondary N) is 1. The molecule has 1 N–H and O–H groups in total. The average molecular weight is 328 g/mol. The van der Waals surface area contributed by atoms with Gasteiger partial charge < -0.3 is 0 Å². The Morgan fingerprint density at radius 2 is 2.33 bits per heavy atom. The van der Waals surface area contributed by atoms with Crippen LogP contribution in [0.5, 0.6) is 0 Å². The number of pyridine rings is 1. The third kappa shape index (κ3) is 4.97. The van der Waals surface area contributed by atoms with Crippen LogP contribution in [0.3, 0.4) is 0 Å². The lowest BCUT2D eigenvalue weighted by Crippen LogP contribution is -2.42. The Morgan fingerprint density at radius 1 is 1.61 bits per heavy atom. The molecule has 0 aliphatic carbocycles. The summed E-state index contributed by atoms with van der Waals surface area (Å²) in [6, 6.07) is 6.32. The molecule has 1 aromatic heterocycles. The fourth-order valence-electron chi connectivity index (χ4n) is 1.80. The van der Waals surface area contributed by atoms with E-state index in [1.165, 1.54) is 0 Å². The van der Waals surface area contributed by atoms with Crippen LogP contribution in [0.2, 0.25) is 0 Å². The molecule has 0 bridgehead atoms. The number of nitrogens with zero attached hydrogens (tertiary/aromatic N) is 2. The normalized spacial score (nSPS) is 15.7. The van der Waals surface area contributed by atoms with Gasteiger partial charge in [-0.25, -0.2) is 4.98 Å². The zero-order valence-electron chi connectivity index (χ0n) is 10.9. The summed E-state index contributed by atoms with van der Waals surface area (Å²) in [5.74, 6) is 0. The first-order valence-corrected chi connectivity index (χ1v) is 7.61. The first-order chi connectivity index (χ1) is 8.49. The van der Waals surface area contributed by atoms with Crippen LogP contribution in [0.4, 0.5) is 0 Å². The molecule has 5 heteroatoms. The zero-order chi connectivity index (χ0) is 13.6. The monoisotopic (exact) mass is 327 g/mol. The predicted octanol–water partition coefficient (Wildman–Crippen LogP) is 3.61. The Kier molecular flexibility index (Phi) is 6.13. The maximum absolute atomic E-state index is 9.22. The fraction of sp³-hybridized carbons (Fsp3) is 0.538. The molecule has 98 valence electrons. The summed E-state index contributed by atoms with van der Waals surface area (Å²) in [5, 5.41) is 13.8. The van der Waals surface area contributed by atoms with Crippen molar-refractivity contribution < 1.29 is 0 Å². The summed E-state index contributed by atoms with van der Waals surface area (Å²) in [6.45, 7) is 6.89. The van der Waals surface area contributed by atoms with Gasteiger partial charge in [0.2, 0.25) is 0 Å². The van der Waals surface area contributed by atoms with Gasteiger partial charge in [0.1, 0.15) is 5.54 Å². The van der Waals surface area contributed by atoms with Crippen molar-refractivity contribution in [3.05, 3.63) is 22.8 Å². The Labute approximate surface area is 122 Å². The number of thioether (sulfide) groups is 1. The number of aromatic nitrogens is 1. The molecule has 0 spiro atoms. The van der Waals surface area contributed by atoms with E-state index in [0.29, 0.717) is 5.25 Å². The van der Waals surface area contributed by atoms with Gasteiger partial charge in [-0.05, 0) is 48.0 Å². The number of hydrogen-bond donors (Lipinski definition) is 1. The first kappa shape index (κ1) is 15.5. The molecule has 0 aliphatic rings. The van der Waals surface area contributed by atoms with E-state index in [1.54, 1.807) is 18.0 Å². The zero-order valence-corrected chi connectivity index (χ0v) is 13.3. The second kappa shape index (κ2) is 7.13.